The molecular weight excluding hydrogens is 192 g/mol. The average molecular weight is 204 g/mol. The second-order valence-corrected chi connectivity index (χ2v) is 0.766. The third-order valence-corrected chi connectivity index (χ3v) is 0.406. The van der Waals surface area contributed by atoms with E-state index in [4.69, 9.17) is 0 Å². The zero-order valence-electron chi connectivity index (χ0n) is 4.68. The van der Waals surface area contributed by atoms with E-state index in [0.717, 1.165) is 0 Å². The van der Waals surface area contributed by atoms with E-state index >= 15 is 0 Å². The second-order valence-electron chi connectivity index (χ2n) is 0.766. The first-order valence-corrected chi connectivity index (χ1v) is 1.44. The van der Waals surface area contributed by atoms with Crippen molar-refractivity contribution < 1.29 is 0 Å². The lowest BCUT2D eigenvalue weighted by Gasteiger charge is -1.49. The van der Waals surface area contributed by atoms with Gasteiger partial charge in [0.1, 0.15) is 0 Å². The summed E-state index contributed by atoms with van der Waals surface area (Å²) in [5.74, 6) is 0. The summed E-state index contributed by atoms with van der Waals surface area (Å²) in [7, 11) is 0. The van der Waals surface area contributed by atoms with E-state index in [1.807, 2.05) is 6.07 Å². The molecule has 0 unspecified atom stereocenters. The van der Waals surface area contributed by atoms with Gasteiger partial charge in [-0.15, -0.1) is 0 Å². The number of rotatable bonds is 0. The summed E-state index contributed by atoms with van der Waals surface area (Å²) in [5, 5.41) is 6.21. The predicted molar refractivity (Wildman–Crippen MR) is 60.1 cm³/mol. The maximum atomic E-state index is 3.60. The van der Waals surface area contributed by atoms with Crippen LogP contribution in [-0.2, 0) is 0 Å². The molecule has 0 saturated carbocycles. The van der Waals surface area contributed by atoms with Crippen LogP contribution < -0.4 is 0 Å². The summed E-state index contributed by atoms with van der Waals surface area (Å²) in [5.41, 5.74) is 0. The lowest BCUT2D eigenvalue weighted by molar-refractivity contribution is 1.09. The van der Waals surface area contributed by atoms with Gasteiger partial charge < -0.3 is 0 Å². The van der Waals surface area contributed by atoms with E-state index < -0.39 is 0 Å². The number of hydrogen-bond acceptors (Lipinski definition) is 1. The van der Waals surface area contributed by atoms with E-state index in [-0.39, 0.29) is 54.0 Å². The zero-order chi connectivity index (χ0) is 3.54. The Bertz CT molecular complexity index is 70.3. The topological polar surface area (TPSA) is 28.7 Å². The van der Waals surface area contributed by atoms with Gasteiger partial charge in [-0.1, -0.05) is 0 Å². The molecule has 0 aliphatic heterocycles. The van der Waals surface area contributed by atoms with Crippen molar-refractivity contribution in [2.45, 2.75) is 0 Å². The first-order chi connectivity index (χ1) is 2.50. The Morgan fingerprint density at radius 2 is 1.56 bits per heavy atom. The molecule has 0 saturated heterocycles. The lowest BCUT2D eigenvalue weighted by atomic mass is 10.8. The zero-order valence-corrected chi connectivity index (χ0v) is 8.68. The highest BCUT2D eigenvalue weighted by Gasteiger charge is 1.56. The summed E-state index contributed by atoms with van der Waals surface area (Å²) in [6.45, 7) is 0. The lowest BCUT2D eigenvalue weighted by Crippen LogP contribution is -1.53. The van der Waals surface area contributed by atoms with E-state index in [1.54, 1.807) is 12.4 Å². The highest BCUT2D eigenvalue weighted by atomic mass is 32.1. The molecule has 0 bridgehead atoms. The number of aromatic amines is 1. The number of hydrogen-bond donors (Lipinski definition) is 1. The summed E-state index contributed by atoms with van der Waals surface area (Å²) in [6, 6.07) is 1.83. The van der Waals surface area contributed by atoms with Crippen LogP contribution in [0.4, 0.5) is 0 Å². The molecule has 0 atom stereocenters. The van der Waals surface area contributed by atoms with Gasteiger partial charge in [0.25, 0.3) is 0 Å². The molecule has 1 N–H and O–H groups in total. The molecule has 0 fully saturated rings. The standard InChI is InChI=1S/C3H4N2.4H2S/c1-2-4-5-3-1;;;;/h1-3H,(H,4,5);4*1H2. The quantitative estimate of drug-likeness (QED) is 0.667. The van der Waals surface area contributed by atoms with Crippen LogP contribution in [0.15, 0.2) is 18.5 Å². The van der Waals surface area contributed by atoms with Crippen molar-refractivity contribution in [3.63, 3.8) is 0 Å². The molecule has 0 radical (unpaired) electrons. The number of H-pyrrole nitrogens is 1. The molecule has 2 nitrogen and oxygen atoms in total. The van der Waals surface area contributed by atoms with E-state index in [2.05, 4.69) is 10.2 Å². The Morgan fingerprint density at radius 1 is 1.00 bits per heavy atom. The molecule has 0 amide bonds. The molecular formula is C3H12N2S4. The van der Waals surface area contributed by atoms with E-state index in [1.165, 1.54) is 0 Å². The van der Waals surface area contributed by atoms with Crippen molar-refractivity contribution in [1.29, 1.82) is 0 Å². The minimum Gasteiger partial charge on any atom is -0.286 e. The monoisotopic (exact) mass is 204 g/mol. The summed E-state index contributed by atoms with van der Waals surface area (Å²) < 4.78 is 0. The maximum absolute atomic E-state index is 3.60. The Morgan fingerprint density at radius 3 is 1.67 bits per heavy atom. The van der Waals surface area contributed by atoms with Gasteiger partial charge >= 0.3 is 0 Å². The van der Waals surface area contributed by atoms with Crippen molar-refractivity contribution in [2.75, 3.05) is 0 Å². The number of nitrogens with one attached hydrogen (secondary N) is 1. The number of nitrogens with zero attached hydrogens (tertiary/aromatic N) is 1. The smallest absolute Gasteiger partial charge is 0.0487 e. The van der Waals surface area contributed by atoms with Crippen LogP contribution in [-0.4, -0.2) is 10.2 Å². The van der Waals surface area contributed by atoms with Crippen molar-refractivity contribution in [3.8, 4) is 0 Å². The molecule has 0 aromatic carbocycles. The molecule has 0 spiro atoms. The minimum atomic E-state index is 0. The highest BCUT2D eigenvalue weighted by Crippen LogP contribution is 1.64. The molecule has 58 valence electrons. The molecule has 9 heavy (non-hydrogen) atoms. The fraction of sp³-hybridized carbons (Fsp3) is 0. The van der Waals surface area contributed by atoms with E-state index in [9.17, 15) is 0 Å². The highest BCUT2D eigenvalue weighted by molar-refractivity contribution is 7.59. The molecule has 1 aromatic rings. The minimum absolute atomic E-state index is 0. The van der Waals surface area contributed by atoms with Gasteiger partial charge in [0, 0.05) is 12.4 Å². The normalized spacial score (nSPS) is 4.44. The van der Waals surface area contributed by atoms with Gasteiger partial charge in [0.05, 0.1) is 0 Å². The van der Waals surface area contributed by atoms with Gasteiger partial charge in [-0.2, -0.15) is 59.1 Å². The number of aromatic nitrogens is 2. The molecule has 0 aliphatic rings. The van der Waals surface area contributed by atoms with Crippen LogP contribution in [0.5, 0.6) is 0 Å². The van der Waals surface area contributed by atoms with Gasteiger partial charge in [-0.25, -0.2) is 0 Å². The summed E-state index contributed by atoms with van der Waals surface area (Å²) in [6.07, 6.45) is 3.46. The first kappa shape index (κ1) is 22.6. The SMILES string of the molecule is S.S.S.S.c1cn[nH]c1. The Balaban J connectivity index is -0.0000000312. The largest absolute Gasteiger partial charge is 0.286 e. The van der Waals surface area contributed by atoms with Crippen molar-refractivity contribution in [2.24, 2.45) is 0 Å². The molecule has 0 aliphatic carbocycles. The van der Waals surface area contributed by atoms with Crippen LogP contribution in [0.1, 0.15) is 0 Å². The van der Waals surface area contributed by atoms with Gasteiger partial charge in [0.15, 0.2) is 0 Å². The van der Waals surface area contributed by atoms with E-state index in [0.29, 0.717) is 0 Å². The summed E-state index contributed by atoms with van der Waals surface area (Å²) in [4.78, 5) is 0. The van der Waals surface area contributed by atoms with Crippen LogP contribution in [0.3, 0.4) is 0 Å². The second kappa shape index (κ2) is 15.8. The van der Waals surface area contributed by atoms with Crippen LogP contribution in [0.25, 0.3) is 0 Å². The van der Waals surface area contributed by atoms with Gasteiger partial charge in [-0.3, -0.25) is 5.10 Å². The van der Waals surface area contributed by atoms with Crippen molar-refractivity contribution in [1.82, 2.24) is 10.2 Å². The Labute approximate surface area is 82.6 Å². The fourth-order valence-electron chi connectivity index (χ4n) is 0.215. The maximum Gasteiger partial charge on any atom is 0.0487 e. The van der Waals surface area contributed by atoms with Crippen molar-refractivity contribution >= 4 is 54.0 Å². The third kappa shape index (κ3) is 12.0. The summed E-state index contributed by atoms with van der Waals surface area (Å²) >= 11 is 0. The molecule has 1 aromatic heterocycles. The predicted octanol–water partition coefficient (Wildman–Crippen LogP) is 0.861. The van der Waals surface area contributed by atoms with Gasteiger partial charge in [0.2, 0.25) is 0 Å². The van der Waals surface area contributed by atoms with Gasteiger partial charge in [-0.05, 0) is 6.07 Å². The van der Waals surface area contributed by atoms with Crippen LogP contribution in [0, 0.1) is 0 Å². The van der Waals surface area contributed by atoms with Crippen LogP contribution in [0.2, 0.25) is 0 Å². The first-order valence-electron chi connectivity index (χ1n) is 1.44. The average Bonchev–Trinajstić information content (AvgIpc) is 1.76. The molecule has 1 heterocycles. The molecule has 6 heteroatoms. The molecule has 1 rings (SSSR count). The third-order valence-electron chi connectivity index (χ3n) is 0.406. The fourth-order valence-corrected chi connectivity index (χ4v) is 0.215. The Hall–Kier alpha value is 0.610. The van der Waals surface area contributed by atoms with Crippen LogP contribution >= 0.6 is 54.0 Å². The Kier molecular flexibility index (Phi) is 39.8. The van der Waals surface area contributed by atoms with Crippen molar-refractivity contribution in [3.05, 3.63) is 18.5 Å².